The number of rotatable bonds is 3. The second kappa shape index (κ2) is 5.58. The zero-order valence-corrected chi connectivity index (χ0v) is 13.5. The van der Waals surface area contributed by atoms with Crippen LogP contribution in [0, 0.1) is 11.3 Å². The molecule has 1 aromatic rings. The zero-order valence-electron chi connectivity index (χ0n) is 9.56. The number of nitrogens with one attached hydrogen (secondary N) is 1. The van der Waals surface area contributed by atoms with Gasteiger partial charge in [-0.05, 0) is 34.2 Å². The maximum atomic E-state index is 12.3. The van der Waals surface area contributed by atoms with Gasteiger partial charge in [0.05, 0.1) is 6.07 Å². The van der Waals surface area contributed by atoms with Gasteiger partial charge in [0.25, 0.3) is 0 Å². The maximum Gasteiger partial charge on any atom is 0.245 e. The van der Waals surface area contributed by atoms with Gasteiger partial charge in [-0.25, -0.2) is 13.4 Å². The lowest BCUT2D eigenvalue weighted by molar-refractivity contribution is 0.514. The number of nitrogens with zero attached hydrogens (tertiary/aromatic N) is 2. The summed E-state index contributed by atoms with van der Waals surface area (Å²) >= 11 is 10.5. The van der Waals surface area contributed by atoms with Gasteiger partial charge in [0.2, 0.25) is 10.0 Å². The molecular formula is C10H9BrClN3O2S2. The summed E-state index contributed by atoms with van der Waals surface area (Å²) in [5, 5.41) is 9.09. The van der Waals surface area contributed by atoms with Crippen LogP contribution in [0.25, 0.3) is 0 Å². The summed E-state index contributed by atoms with van der Waals surface area (Å²) in [6.07, 6.45) is 1.89. The van der Waals surface area contributed by atoms with Crippen molar-refractivity contribution in [2.75, 3.05) is 11.5 Å². The molecule has 0 amide bonds. The van der Waals surface area contributed by atoms with Gasteiger partial charge in [0.1, 0.15) is 15.6 Å². The number of hydrogen-bond acceptors (Lipinski definition) is 5. The van der Waals surface area contributed by atoms with E-state index in [0.717, 1.165) is 5.75 Å². The first-order valence-corrected chi connectivity index (χ1v) is 9.03. The fraction of sp³-hybridized carbons (Fsp3) is 0.400. The van der Waals surface area contributed by atoms with E-state index < -0.39 is 15.6 Å². The first kappa shape index (κ1) is 15.1. The van der Waals surface area contributed by atoms with Crippen molar-refractivity contribution < 1.29 is 8.42 Å². The van der Waals surface area contributed by atoms with Gasteiger partial charge in [-0.1, -0.05) is 11.6 Å². The molecule has 2 rings (SSSR count). The number of thioether (sulfide) groups is 1. The molecule has 0 aromatic carbocycles. The van der Waals surface area contributed by atoms with Crippen molar-refractivity contribution in [2.24, 2.45) is 0 Å². The lowest BCUT2D eigenvalue weighted by atomic mass is 10.0. The number of hydrogen-bond donors (Lipinski definition) is 1. The summed E-state index contributed by atoms with van der Waals surface area (Å²) < 4.78 is 27.6. The van der Waals surface area contributed by atoms with Crippen molar-refractivity contribution in [1.82, 2.24) is 9.71 Å². The Balaban J connectivity index is 2.38. The lowest BCUT2D eigenvalue weighted by Crippen LogP contribution is -2.47. The second-order valence-electron chi connectivity index (χ2n) is 4.04. The van der Waals surface area contributed by atoms with E-state index in [1.807, 2.05) is 0 Å². The molecule has 1 aliphatic heterocycles. The Labute approximate surface area is 128 Å². The van der Waals surface area contributed by atoms with E-state index >= 15 is 0 Å². The molecule has 0 spiro atoms. The third-order valence-electron chi connectivity index (χ3n) is 2.63. The summed E-state index contributed by atoms with van der Waals surface area (Å²) in [6.45, 7) is 0. The summed E-state index contributed by atoms with van der Waals surface area (Å²) in [5.41, 5.74) is -1.06. The van der Waals surface area contributed by atoms with Crippen LogP contribution in [0.4, 0.5) is 0 Å². The van der Waals surface area contributed by atoms with Crippen molar-refractivity contribution in [3.63, 3.8) is 0 Å². The Morgan fingerprint density at radius 2 is 2.37 bits per heavy atom. The van der Waals surface area contributed by atoms with Gasteiger partial charge >= 0.3 is 0 Å². The fourth-order valence-corrected chi connectivity index (χ4v) is 5.31. The van der Waals surface area contributed by atoms with E-state index in [0.29, 0.717) is 16.6 Å². The van der Waals surface area contributed by atoms with Crippen LogP contribution in [-0.4, -0.2) is 30.4 Å². The molecule has 9 heteroatoms. The van der Waals surface area contributed by atoms with Gasteiger partial charge in [0.15, 0.2) is 0 Å². The highest BCUT2D eigenvalue weighted by Gasteiger charge is 2.39. The van der Waals surface area contributed by atoms with E-state index in [2.05, 4.69) is 31.7 Å². The van der Waals surface area contributed by atoms with E-state index in [1.54, 1.807) is 11.8 Å². The number of nitriles is 1. The van der Waals surface area contributed by atoms with Crippen molar-refractivity contribution in [3.8, 4) is 6.07 Å². The summed E-state index contributed by atoms with van der Waals surface area (Å²) in [6, 6.07) is 3.42. The van der Waals surface area contributed by atoms with Gasteiger partial charge in [0, 0.05) is 16.4 Å². The van der Waals surface area contributed by atoms with Crippen molar-refractivity contribution >= 4 is 49.3 Å². The van der Waals surface area contributed by atoms with Gasteiger partial charge in [-0.2, -0.15) is 21.7 Å². The Kier molecular flexibility index (Phi) is 4.42. The highest BCUT2D eigenvalue weighted by atomic mass is 79.9. The Morgan fingerprint density at radius 1 is 1.63 bits per heavy atom. The van der Waals surface area contributed by atoms with E-state index in [9.17, 15) is 13.7 Å². The monoisotopic (exact) mass is 381 g/mol. The quantitative estimate of drug-likeness (QED) is 0.810. The van der Waals surface area contributed by atoms with E-state index in [-0.39, 0.29) is 10.0 Å². The average molecular weight is 383 g/mol. The maximum absolute atomic E-state index is 12.3. The molecule has 0 bridgehead atoms. The number of pyridine rings is 1. The molecule has 2 heterocycles. The topological polar surface area (TPSA) is 82.9 Å². The molecule has 1 aliphatic rings. The van der Waals surface area contributed by atoms with Crippen molar-refractivity contribution in [1.29, 1.82) is 5.26 Å². The fourth-order valence-electron chi connectivity index (χ4n) is 1.66. The predicted octanol–water partition coefficient (Wildman–Crippen LogP) is 2.18. The number of halogens is 2. The molecule has 102 valence electrons. The number of sulfonamides is 1. The number of aromatic nitrogens is 1. The summed E-state index contributed by atoms with van der Waals surface area (Å²) in [4.78, 5) is 3.65. The third kappa shape index (κ3) is 3.23. The summed E-state index contributed by atoms with van der Waals surface area (Å²) in [5.74, 6) is 1.18. The molecule has 0 radical (unpaired) electrons. The Bertz CT molecular complexity index is 639. The minimum absolute atomic E-state index is 0.116. The highest BCUT2D eigenvalue weighted by Crippen LogP contribution is 2.30. The van der Waals surface area contributed by atoms with Crippen LogP contribution >= 0.6 is 39.3 Å². The van der Waals surface area contributed by atoms with Crippen LogP contribution in [0.5, 0.6) is 0 Å². The largest absolute Gasteiger partial charge is 0.245 e. The van der Waals surface area contributed by atoms with Crippen LogP contribution in [0.1, 0.15) is 6.42 Å². The summed E-state index contributed by atoms with van der Waals surface area (Å²) in [7, 11) is -3.88. The Morgan fingerprint density at radius 3 is 2.95 bits per heavy atom. The molecule has 1 aromatic heterocycles. The molecule has 0 aliphatic carbocycles. The molecule has 1 fully saturated rings. The minimum atomic E-state index is -3.88. The first-order valence-electron chi connectivity index (χ1n) is 5.23. The van der Waals surface area contributed by atoms with Crippen molar-refractivity contribution in [3.05, 3.63) is 21.9 Å². The van der Waals surface area contributed by atoms with Crippen LogP contribution in [0.15, 0.2) is 21.6 Å². The van der Waals surface area contributed by atoms with E-state index in [1.165, 1.54) is 12.3 Å². The molecule has 0 saturated carbocycles. The minimum Gasteiger partial charge on any atom is -0.242 e. The molecular weight excluding hydrogens is 374 g/mol. The standard InChI is InChI=1S/C10H9BrClN3O2S2/c11-7-3-8(9(12)14-4-7)19(16,17)15-10(5-13)1-2-18-6-10/h3-4,15H,1-2,6H2. The molecule has 1 saturated heterocycles. The predicted molar refractivity (Wildman–Crippen MR) is 77.6 cm³/mol. The molecule has 1 N–H and O–H groups in total. The molecule has 1 unspecified atom stereocenters. The van der Waals surface area contributed by atoms with Crippen LogP contribution in [-0.2, 0) is 10.0 Å². The highest BCUT2D eigenvalue weighted by molar-refractivity contribution is 9.10. The first-order chi connectivity index (χ1) is 8.88. The third-order valence-corrected chi connectivity index (χ3v) is 6.21. The van der Waals surface area contributed by atoms with Gasteiger partial charge < -0.3 is 0 Å². The normalized spacial score (nSPS) is 23.2. The van der Waals surface area contributed by atoms with Gasteiger partial charge in [-0.3, -0.25) is 0 Å². The molecule has 5 nitrogen and oxygen atoms in total. The molecule has 1 atom stereocenters. The lowest BCUT2D eigenvalue weighted by Gasteiger charge is -2.21. The zero-order chi connectivity index (χ0) is 14.1. The van der Waals surface area contributed by atoms with Crippen LogP contribution in [0.3, 0.4) is 0 Å². The van der Waals surface area contributed by atoms with Crippen LogP contribution in [0.2, 0.25) is 5.15 Å². The van der Waals surface area contributed by atoms with Crippen LogP contribution < -0.4 is 4.72 Å². The average Bonchev–Trinajstić information content (AvgIpc) is 2.80. The SMILES string of the molecule is N#CC1(NS(=O)(=O)c2cc(Br)cnc2Cl)CCSC1. The van der Waals surface area contributed by atoms with Gasteiger partial charge in [-0.15, -0.1) is 0 Å². The van der Waals surface area contributed by atoms with E-state index in [4.69, 9.17) is 11.6 Å². The molecule has 19 heavy (non-hydrogen) atoms. The van der Waals surface area contributed by atoms with Crippen molar-refractivity contribution in [2.45, 2.75) is 16.9 Å². The second-order valence-corrected chi connectivity index (χ2v) is 8.07. The smallest absolute Gasteiger partial charge is 0.242 e. The Hall–Kier alpha value is -0.330.